The molecular formula is C18H22ClN. The molecule has 1 aliphatic heterocycles. The smallest absolute Gasteiger partial charge is 0.0712 e. The molecule has 0 aromatic heterocycles. The predicted octanol–water partition coefficient (Wildman–Crippen LogP) is 4.85. The number of piperidine rings is 1. The van der Waals surface area contributed by atoms with E-state index < -0.39 is 0 Å². The fourth-order valence-corrected chi connectivity index (χ4v) is 3.52. The molecule has 2 atom stereocenters. The topological polar surface area (TPSA) is 3.24 Å². The predicted molar refractivity (Wildman–Crippen MR) is 87.4 cm³/mol. The first kappa shape index (κ1) is 13.9. The van der Waals surface area contributed by atoms with E-state index in [1.54, 1.807) is 0 Å². The van der Waals surface area contributed by atoms with Crippen molar-refractivity contribution >= 4 is 22.4 Å². The van der Waals surface area contributed by atoms with Gasteiger partial charge in [0.25, 0.3) is 0 Å². The first-order chi connectivity index (χ1) is 9.72. The van der Waals surface area contributed by atoms with Gasteiger partial charge in [-0.1, -0.05) is 43.3 Å². The minimum Gasteiger partial charge on any atom is -0.301 e. The van der Waals surface area contributed by atoms with Gasteiger partial charge in [-0.25, -0.2) is 0 Å². The van der Waals surface area contributed by atoms with Crippen LogP contribution >= 0.6 is 11.6 Å². The third-order valence-electron chi connectivity index (χ3n) is 4.29. The quantitative estimate of drug-likeness (QED) is 0.729. The lowest BCUT2D eigenvalue weighted by Crippen LogP contribution is -2.36. The number of benzene rings is 2. The molecule has 106 valence electrons. The third-order valence-corrected chi connectivity index (χ3v) is 4.68. The van der Waals surface area contributed by atoms with Crippen LogP contribution in [0.5, 0.6) is 0 Å². The molecule has 20 heavy (non-hydrogen) atoms. The molecule has 1 aliphatic rings. The fraction of sp³-hybridized carbons (Fsp3) is 0.444. The van der Waals surface area contributed by atoms with Gasteiger partial charge in [0.15, 0.2) is 0 Å². The van der Waals surface area contributed by atoms with E-state index in [9.17, 15) is 0 Å². The molecule has 1 saturated heterocycles. The summed E-state index contributed by atoms with van der Waals surface area (Å²) >= 11 is 6.65. The molecule has 3 rings (SSSR count). The van der Waals surface area contributed by atoms with Crippen molar-refractivity contribution in [1.29, 1.82) is 0 Å². The highest BCUT2D eigenvalue weighted by Gasteiger charge is 2.19. The summed E-state index contributed by atoms with van der Waals surface area (Å²) in [5.74, 6) is 0.809. The number of halogens is 1. The zero-order valence-electron chi connectivity index (χ0n) is 12.1. The van der Waals surface area contributed by atoms with Gasteiger partial charge in [0.05, 0.1) is 5.38 Å². The van der Waals surface area contributed by atoms with E-state index in [1.807, 2.05) is 0 Å². The Kier molecular flexibility index (Phi) is 4.28. The first-order valence-corrected chi connectivity index (χ1v) is 8.01. The van der Waals surface area contributed by atoms with Crippen molar-refractivity contribution in [2.75, 3.05) is 19.6 Å². The van der Waals surface area contributed by atoms with Crippen molar-refractivity contribution in [2.24, 2.45) is 5.92 Å². The van der Waals surface area contributed by atoms with Crippen LogP contribution in [0.15, 0.2) is 42.5 Å². The summed E-state index contributed by atoms with van der Waals surface area (Å²) in [5.41, 5.74) is 1.24. The van der Waals surface area contributed by atoms with Crippen LogP contribution in [0.25, 0.3) is 10.8 Å². The van der Waals surface area contributed by atoms with E-state index in [0.717, 1.165) is 12.5 Å². The second-order valence-corrected chi connectivity index (χ2v) is 6.61. The number of hydrogen-bond acceptors (Lipinski definition) is 1. The monoisotopic (exact) mass is 287 g/mol. The highest BCUT2D eigenvalue weighted by molar-refractivity contribution is 6.21. The Balaban J connectivity index is 1.73. The van der Waals surface area contributed by atoms with Crippen LogP contribution in [0.2, 0.25) is 0 Å². The largest absolute Gasteiger partial charge is 0.301 e. The van der Waals surface area contributed by atoms with Gasteiger partial charge in [-0.3, -0.25) is 0 Å². The van der Waals surface area contributed by atoms with E-state index >= 15 is 0 Å². The van der Waals surface area contributed by atoms with Crippen molar-refractivity contribution in [3.63, 3.8) is 0 Å². The van der Waals surface area contributed by atoms with E-state index in [1.165, 1.54) is 42.3 Å². The average Bonchev–Trinajstić information content (AvgIpc) is 2.47. The zero-order chi connectivity index (χ0) is 13.9. The van der Waals surface area contributed by atoms with Gasteiger partial charge >= 0.3 is 0 Å². The van der Waals surface area contributed by atoms with Crippen LogP contribution in [0.1, 0.15) is 30.7 Å². The summed E-state index contributed by atoms with van der Waals surface area (Å²) < 4.78 is 0. The molecule has 0 N–H and O–H groups in total. The maximum Gasteiger partial charge on any atom is 0.0712 e. The van der Waals surface area contributed by atoms with E-state index in [2.05, 4.69) is 54.3 Å². The van der Waals surface area contributed by atoms with E-state index in [0.29, 0.717) is 0 Å². The summed E-state index contributed by atoms with van der Waals surface area (Å²) in [4.78, 5) is 2.51. The van der Waals surface area contributed by atoms with Crippen LogP contribution in [-0.2, 0) is 0 Å². The fourth-order valence-electron chi connectivity index (χ4n) is 3.19. The molecule has 0 spiro atoms. The molecule has 2 heteroatoms. The summed E-state index contributed by atoms with van der Waals surface area (Å²) in [6.07, 6.45) is 2.67. The molecular weight excluding hydrogens is 266 g/mol. The highest BCUT2D eigenvalue weighted by atomic mass is 35.5. The first-order valence-electron chi connectivity index (χ1n) is 7.57. The molecule has 2 aromatic carbocycles. The van der Waals surface area contributed by atoms with Crippen LogP contribution in [0.4, 0.5) is 0 Å². The molecule has 0 radical (unpaired) electrons. The molecule has 0 bridgehead atoms. The lowest BCUT2D eigenvalue weighted by atomic mass is 9.99. The molecule has 0 amide bonds. The van der Waals surface area contributed by atoms with Crippen molar-refractivity contribution in [1.82, 2.24) is 4.90 Å². The Morgan fingerprint density at radius 1 is 1.20 bits per heavy atom. The van der Waals surface area contributed by atoms with Crippen LogP contribution < -0.4 is 0 Å². The van der Waals surface area contributed by atoms with Crippen LogP contribution in [-0.4, -0.2) is 24.5 Å². The minimum absolute atomic E-state index is 0.0879. The molecule has 2 aromatic rings. The van der Waals surface area contributed by atoms with Crippen molar-refractivity contribution in [3.8, 4) is 0 Å². The van der Waals surface area contributed by atoms with Crippen LogP contribution in [0.3, 0.4) is 0 Å². The lowest BCUT2D eigenvalue weighted by molar-refractivity contribution is 0.184. The summed E-state index contributed by atoms with van der Waals surface area (Å²) in [5, 5.41) is 2.65. The summed E-state index contributed by atoms with van der Waals surface area (Å²) in [6, 6.07) is 15.1. The number of fused-ring (bicyclic) bond motifs is 1. The van der Waals surface area contributed by atoms with Crippen molar-refractivity contribution < 1.29 is 0 Å². The number of alkyl halides is 1. The Bertz CT molecular complexity index is 580. The molecule has 1 heterocycles. The van der Waals surface area contributed by atoms with Gasteiger partial charge in [-0.15, -0.1) is 11.6 Å². The van der Waals surface area contributed by atoms with Gasteiger partial charge in [0.1, 0.15) is 0 Å². The second-order valence-electron chi connectivity index (χ2n) is 6.08. The van der Waals surface area contributed by atoms with E-state index in [4.69, 9.17) is 11.6 Å². The van der Waals surface area contributed by atoms with Gasteiger partial charge in [0.2, 0.25) is 0 Å². The van der Waals surface area contributed by atoms with Gasteiger partial charge in [-0.2, -0.15) is 0 Å². The molecule has 0 aliphatic carbocycles. The van der Waals surface area contributed by atoms with Gasteiger partial charge in [0, 0.05) is 13.1 Å². The Morgan fingerprint density at radius 2 is 2.00 bits per heavy atom. The SMILES string of the molecule is CC1CCCN(CC(Cl)c2ccc3ccccc3c2)C1. The third kappa shape index (κ3) is 3.16. The molecule has 0 saturated carbocycles. The normalized spacial score (nSPS) is 22.0. The minimum atomic E-state index is 0.0879. The van der Waals surface area contributed by atoms with Gasteiger partial charge in [-0.05, 0) is 47.7 Å². The number of hydrogen-bond donors (Lipinski definition) is 0. The standard InChI is InChI=1S/C18H22ClN/c1-14-5-4-10-20(12-14)13-18(19)17-9-8-15-6-2-3-7-16(15)11-17/h2-3,6-9,11,14,18H,4-5,10,12-13H2,1H3. The van der Waals surface area contributed by atoms with Gasteiger partial charge < -0.3 is 4.90 Å². The Hall–Kier alpha value is -1.05. The lowest BCUT2D eigenvalue weighted by Gasteiger charge is -2.32. The van der Waals surface area contributed by atoms with Crippen molar-refractivity contribution in [2.45, 2.75) is 25.1 Å². The maximum atomic E-state index is 6.65. The van der Waals surface area contributed by atoms with Crippen LogP contribution in [0, 0.1) is 5.92 Å². The Morgan fingerprint density at radius 3 is 2.80 bits per heavy atom. The van der Waals surface area contributed by atoms with E-state index in [-0.39, 0.29) is 5.38 Å². The average molecular weight is 288 g/mol. The van der Waals surface area contributed by atoms with Crippen molar-refractivity contribution in [3.05, 3.63) is 48.0 Å². The Labute approximate surface area is 126 Å². The highest BCUT2D eigenvalue weighted by Crippen LogP contribution is 2.27. The zero-order valence-corrected chi connectivity index (χ0v) is 12.8. The second kappa shape index (κ2) is 6.15. The number of nitrogens with zero attached hydrogens (tertiary/aromatic N) is 1. The number of likely N-dealkylation sites (tertiary alicyclic amines) is 1. The molecule has 1 nitrogen and oxygen atoms in total. The molecule has 2 unspecified atom stereocenters. The number of rotatable bonds is 3. The summed E-state index contributed by atoms with van der Waals surface area (Å²) in [7, 11) is 0. The molecule has 1 fully saturated rings. The maximum absolute atomic E-state index is 6.65. The summed E-state index contributed by atoms with van der Waals surface area (Å²) in [6.45, 7) is 5.69.